The highest BCUT2D eigenvalue weighted by molar-refractivity contribution is 5.94. The highest BCUT2D eigenvalue weighted by atomic mass is 19.4. The summed E-state index contributed by atoms with van der Waals surface area (Å²) in [6.45, 7) is 6.70. The molecule has 0 atom stereocenters. The van der Waals surface area contributed by atoms with E-state index in [1.54, 1.807) is 4.90 Å². The molecule has 2 aliphatic rings. The third-order valence-corrected chi connectivity index (χ3v) is 7.27. The van der Waals surface area contributed by atoms with Crippen molar-refractivity contribution in [2.45, 2.75) is 26.1 Å². The Kier molecular flexibility index (Phi) is 7.14. The van der Waals surface area contributed by atoms with Gasteiger partial charge in [0.05, 0.1) is 17.8 Å². The van der Waals surface area contributed by atoms with E-state index >= 15 is 0 Å². The van der Waals surface area contributed by atoms with E-state index in [-0.39, 0.29) is 12.1 Å². The average molecular weight is 525 g/mol. The second-order valence-electron chi connectivity index (χ2n) is 9.65. The van der Waals surface area contributed by atoms with Gasteiger partial charge in [0.25, 0.3) is 5.91 Å². The van der Waals surface area contributed by atoms with E-state index in [4.69, 9.17) is 9.97 Å². The molecule has 3 heterocycles. The molecule has 1 saturated heterocycles. The van der Waals surface area contributed by atoms with E-state index < -0.39 is 17.6 Å². The minimum atomic E-state index is -4.50. The smallest absolute Gasteiger partial charge is 0.368 e. The molecule has 1 fully saturated rings. The topological polar surface area (TPSA) is 55.8 Å². The van der Waals surface area contributed by atoms with Crippen LogP contribution >= 0.6 is 0 Å². The predicted molar refractivity (Wildman–Crippen MR) is 142 cm³/mol. The normalized spacial score (nSPS) is 15.9. The lowest BCUT2D eigenvalue weighted by Crippen LogP contribution is -2.47. The Morgan fingerprint density at radius 3 is 2.34 bits per heavy atom. The number of benzene rings is 2. The van der Waals surface area contributed by atoms with Crippen LogP contribution in [0.15, 0.2) is 54.6 Å². The van der Waals surface area contributed by atoms with Crippen molar-refractivity contribution >= 4 is 23.4 Å². The molecule has 0 bridgehead atoms. The molecule has 200 valence electrons. The van der Waals surface area contributed by atoms with Gasteiger partial charge in [0.1, 0.15) is 5.82 Å². The van der Waals surface area contributed by atoms with Crippen LogP contribution in [0.25, 0.3) is 0 Å². The number of carbonyl (C=O) groups is 1. The number of piperazine rings is 1. The summed E-state index contributed by atoms with van der Waals surface area (Å²) in [4.78, 5) is 31.2. The van der Waals surface area contributed by atoms with E-state index in [2.05, 4.69) is 21.9 Å². The molecule has 2 aliphatic heterocycles. The molecule has 7 nitrogen and oxygen atoms in total. The predicted octanol–water partition coefficient (Wildman–Crippen LogP) is 4.48. The molecule has 0 aliphatic carbocycles. The van der Waals surface area contributed by atoms with E-state index in [9.17, 15) is 18.0 Å². The summed E-state index contributed by atoms with van der Waals surface area (Å²) >= 11 is 0. The molecule has 0 saturated carbocycles. The van der Waals surface area contributed by atoms with Crippen molar-refractivity contribution in [1.29, 1.82) is 0 Å². The summed E-state index contributed by atoms with van der Waals surface area (Å²) in [5.74, 6) is 1.02. The lowest BCUT2D eigenvalue weighted by molar-refractivity contribution is -0.137. The molecular weight excluding hydrogens is 493 g/mol. The molecule has 2 aromatic carbocycles. The Bertz CT molecular complexity index is 1290. The summed E-state index contributed by atoms with van der Waals surface area (Å²) in [5, 5.41) is 0. The zero-order chi connectivity index (χ0) is 26.9. The molecule has 0 radical (unpaired) electrons. The highest BCUT2D eigenvalue weighted by Crippen LogP contribution is 2.32. The fourth-order valence-corrected chi connectivity index (χ4v) is 4.98. The molecule has 5 rings (SSSR count). The Morgan fingerprint density at radius 2 is 1.66 bits per heavy atom. The van der Waals surface area contributed by atoms with Crippen molar-refractivity contribution < 1.29 is 18.0 Å². The summed E-state index contributed by atoms with van der Waals surface area (Å²) in [5.41, 5.74) is 2.15. The number of rotatable bonds is 5. The van der Waals surface area contributed by atoms with Gasteiger partial charge in [-0.3, -0.25) is 4.79 Å². The van der Waals surface area contributed by atoms with Crippen LogP contribution in [0, 0.1) is 0 Å². The fraction of sp³-hybridized carbons (Fsp3) is 0.393. The Hall–Kier alpha value is -3.82. The van der Waals surface area contributed by atoms with Gasteiger partial charge in [-0.1, -0.05) is 24.3 Å². The molecule has 3 aromatic rings. The van der Waals surface area contributed by atoms with Crippen LogP contribution in [-0.2, 0) is 19.1 Å². The van der Waals surface area contributed by atoms with Crippen LogP contribution in [0.5, 0.6) is 0 Å². The van der Waals surface area contributed by atoms with Gasteiger partial charge >= 0.3 is 6.18 Å². The average Bonchev–Trinajstić information content (AvgIpc) is 2.95. The number of hydrogen-bond donors (Lipinski definition) is 0. The first kappa shape index (κ1) is 25.8. The Balaban J connectivity index is 1.37. The van der Waals surface area contributed by atoms with Crippen molar-refractivity contribution in [2.75, 3.05) is 61.0 Å². The van der Waals surface area contributed by atoms with E-state index in [1.807, 2.05) is 37.1 Å². The number of nitrogens with zero attached hydrogens (tertiary/aromatic N) is 6. The molecule has 0 spiro atoms. The van der Waals surface area contributed by atoms with Crippen molar-refractivity contribution in [3.05, 3.63) is 77.0 Å². The van der Waals surface area contributed by atoms with Gasteiger partial charge in [-0.05, 0) is 37.3 Å². The number of halogens is 3. The summed E-state index contributed by atoms with van der Waals surface area (Å²) in [7, 11) is 1.95. The third kappa shape index (κ3) is 5.25. The largest absolute Gasteiger partial charge is 0.416 e. The van der Waals surface area contributed by atoms with Gasteiger partial charge in [-0.25, -0.2) is 4.98 Å². The molecule has 1 aromatic heterocycles. The fourth-order valence-electron chi connectivity index (χ4n) is 4.98. The minimum absolute atomic E-state index is 0.0301. The number of carbonyl (C=O) groups excluding carboxylic acids is 1. The van der Waals surface area contributed by atoms with E-state index in [0.29, 0.717) is 25.5 Å². The molecule has 38 heavy (non-hydrogen) atoms. The zero-order valence-electron chi connectivity index (χ0n) is 21.6. The Labute approximate surface area is 220 Å². The minimum Gasteiger partial charge on any atom is -0.368 e. The van der Waals surface area contributed by atoms with Gasteiger partial charge in [-0.2, -0.15) is 18.2 Å². The van der Waals surface area contributed by atoms with Crippen molar-refractivity contribution in [3.8, 4) is 0 Å². The second kappa shape index (κ2) is 10.5. The molecule has 1 amide bonds. The molecule has 0 unspecified atom stereocenters. The first-order valence-corrected chi connectivity index (χ1v) is 12.9. The van der Waals surface area contributed by atoms with E-state index in [0.717, 1.165) is 55.4 Å². The van der Waals surface area contributed by atoms with Gasteiger partial charge in [0.15, 0.2) is 0 Å². The number of amides is 1. The van der Waals surface area contributed by atoms with Crippen molar-refractivity contribution in [3.63, 3.8) is 0 Å². The van der Waals surface area contributed by atoms with Crippen LogP contribution in [0.2, 0.25) is 0 Å². The van der Waals surface area contributed by atoms with Crippen LogP contribution in [-0.4, -0.2) is 67.1 Å². The van der Waals surface area contributed by atoms with Gasteiger partial charge in [0, 0.05) is 69.6 Å². The highest BCUT2D eigenvalue weighted by Gasteiger charge is 2.33. The molecule has 0 N–H and O–H groups in total. The number of para-hydroxylation sites is 1. The number of hydrogen-bond acceptors (Lipinski definition) is 6. The van der Waals surface area contributed by atoms with E-state index in [1.165, 1.54) is 17.8 Å². The summed E-state index contributed by atoms with van der Waals surface area (Å²) in [6.07, 6.45) is -3.98. The molecule has 10 heteroatoms. The van der Waals surface area contributed by atoms with Gasteiger partial charge < -0.3 is 19.6 Å². The quantitative estimate of drug-likeness (QED) is 0.491. The lowest BCUT2D eigenvalue weighted by atomic mass is 10.0. The SMILES string of the molecule is CCN(C)c1nc(N2CCN(c3ccccc3)CC2)nc2c1CN(C(=O)c1cccc(C(F)(F)F)c1)CC2. The maximum atomic E-state index is 13.2. The number of alkyl halides is 3. The van der Waals surface area contributed by atoms with Gasteiger partial charge in [-0.15, -0.1) is 0 Å². The summed E-state index contributed by atoms with van der Waals surface area (Å²) in [6, 6.07) is 14.9. The lowest BCUT2D eigenvalue weighted by Gasteiger charge is -2.37. The van der Waals surface area contributed by atoms with Gasteiger partial charge in [0.2, 0.25) is 5.95 Å². The molecular formula is C28H31F3N6O. The van der Waals surface area contributed by atoms with Crippen LogP contribution in [0.1, 0.15) is 34.1 Å². The van der Waals surface area contributed by atoms with Crippen molar-refractivity contribution in [1.82, 2.24) is 14.9 Å². The standard InChI is InChI=1S/C28H31F3N6O/c1-3-34(2)25-23-19-37(26(38)20-8-7-9-21(18-20)28(29,30)31)13-12-24(23)32-27(33-25)36-16-14-35(15-17-36)22-10-5-4-6-11-22/h4-11,18H,3,12-17,19H2,1-2H3. The number of aromatic nitrogens is 2. The van der Waals surface area contributed by atoms with Crippen LogP contribution < -0.4 is 14.7 Å². The van der Waals surface area contributed by atoms with Crippen LogP contribution in [0.3, 0.4) is 0 Å². The maximum Gasteiger partial charge on any atom is 0.416 e. The van der Waals surface area contributed by atoms with Crippen molar-refractivity contribution in [2.24, 2.45) is 0 Å². The number of fused-ring (bicyclic) bond motifs is 1. The zero-order valence-corrected chi connectivity index (χ0v) is 21.6. The maximum absolute atomic E-state index is 13.2. The third-order valence-electron chi connectivity index (χ3n) is 7.27. The first-order chi connectivity index (χ1) is 18.2. The monoisotopic (exact) mass is 524 g/mol. The summed E-state index contributed by atoms with van der Waals surface area (Å²) < 4.78 is 39.6. The Morgan fingerprint density at radius 1 is 0.947 bits per heavy atom. The second-order valence-corrected chi connectivity index (χ2v) is 9.65. The van der Waals surface area contributed by atoms with Crippen LogP contribution in [0.4, 0.5) is 30.6 Å². The number of anilines is 3. The first-order valence-electron chi connectivity index (χ1n) is 12.9.